The Balaban J connectivity index is 2.54. The lowest BCUT2D eigenvalue weighted by Gasteiger charge is -2.18. The molecule has 2 aromatic carbocycles. The van der Waals surface area contributed by atoms with Gasteiger partial charge in [0.1, 0.15) is 4.90 Å². The number of rotatable bonds is 8. The number of benzene rings is 2. The summed E-state index contributed by atoms with van der Waals surface area (Å²) in [4.78, 5) is 22.2. The first-order valence-corrected chi connectivity index (χ1v) is 10.1. The van der Waals surface area contributed by atoms with Crippen molar-refractivity contribution in [1.82, 2.24) is 0 Å². The third kappa shape index (κ3) is 6.06. The molecule has 0 heterocycles. The lowest BCUT2D eigenvalue weighted by atomic mass is 10.1. The summed E-state index contributed by atoms with van der Waals surface area (Å²) in [5.74, 6) is -1.50. The zero-order valence-electron chi connectivity index (χ0n) is 15.9. The lowest BCUT2D eigenvalue weighted by molar-refractivity contribution is -0.114. The van der Waals surface area contributed by atoms with Crippen LogP contribution < -0.4 is 21.1 Å². The molecule has 0 unspecified atom stereocenters. The molecule has 0 fully saturated rings. The van der Waals surface area contributed by atoms with E-state index in [0.29, 0.717) is 17.9 Å². The highest BCUT2D eigenvalue weighted by atomic mass is 32.2. The number of carbonyl (C=O) groups is 2. The second kappa shape index (κ2) is 9.22. The predicted octanol–water partition coefficient (Wildman–Crippen LogP) is 2.72. The molecule has 10 heteroatoms. The van der Waals surface area contributed by atoms with E-state index in [-0.39, 0.29) is 27.7 Å². The molecule has 0 saturated carbocycles. The third-order valence-corrected chi connectivity index (χ3v) is 4.71. The zero-order chi connectivity index (χ0) is 21.6. The molecule has 2 rings (SSSR count). The number of carbonyl (C=O) groups excluding carboxylic acids is 1. The van der Waals surface area contributed by atoms with Crippen LogP contribution >= 0.6 is 0 Å². The van der Waals surface area contributed by atoms with Crippen molar-refractivity contribution in [1.29, 1.82) is 0 Å². The topological polar surface area (TPSA) is 151 Å². The van der Waals surface area contributed by atoms with E-state index < -0.39 is 16.0 Å². The van der Waals surface area contributed by atoms with E-state index in [0.717, 1.165) is 6.07 Å². The van der Waals surface area contributed by atoms with Gasteiger partial charge in [-0.15, -0.1) is 0 Å². The molecule has 2 aromatic rings. The quantitative estimate of drug-likeness (QED) is 0.413. The summed E-state index contributed by atoms with van der Waals surface area (Å²) in [6, 6.07) is 8.89. The Hall–Kier alpha value is -3.37. The van der Waals surface area contributed by atoms with Crippen LogP contribution in [0.15, 0.2) is 53.4 Å². The second-order valence-corrected chi connectivity index (χ2v) is 7.61. The summed E-state index contributed by atoms with van der Waals surface area (Å²) in [6.45, 7) is 3.55. The fourth-order valence-electron chi connectivity index (χ4n) is 2.50. The molecule has 0 aliphatic rings. The smallest absolute Gasteiger partial charge is 0.335 e. The molecule has 0 aliphatic carbocycles. The molecule has 0 aliphatic heterocycles. The number of nitrogens with one attached hydrogen (secondary N) is 3. The number of hydrogen-bond acceptors (Lipinski definition) is 6. The molecule has 1 amide bonds. The van der Waals surface area contributed by atoms with Crippen LogP contribution in [-0.2, 0) is 14.8 Å². The number of primary sulfonamides is 1. The summed E-state index contributed by atoms with van der Waals surface area (Å²) >= 11 is 0. The number of aromatic carboxylic acids is 1. The van der Waals surface area contributed by atoms with Crippen molar-refractivity contribution in [2.24, 2.45) is 5.14 Å². The first-order chi connectivity index (χ1) is 13.6. The Labute approximate surface area is 168 Å². The number of carboxylic acids is 1. The number of hydrogen-bond donors (Lipinski definition) is 5. The van der Waals surface area contributed by atoms with Crippen LogP contribution in [0.1, 0.15) is 24.2 Å². The van der Waals surface area contributed by atoms with Crippen LogP contribution in [0.3, 0.4) is 0 Å². The fourth-order valence-corrected chi connectivity index (χ4v) is 3.24. The molecule has 0 radical (unpaired) electrons. The molecule has 6 N–H and O–H groups in total. The normalized spacial score (nSPS) is 11.3. The van der Waals surface area contributed by atoms with Crippen LogP contribution in [0.5, 0.6) is 0 Å². The van der Waals surface area contributed by atoms with Crippen LogP contribution in [0.2, 0.25) is 0 Å². The summed E-state index contributed by atoms with van der Waals surface area (Å²) in [7, 11) is -4.23. The summed E-state index contributed by atoms with van der Waals surface area (Å²) < 4.78 is 24.3. The van der Waals surface area contributed by atoms with Gasteiger partial charge in [0.2, 0.25) is 15.9 Å². The predicted molar refractivity (Wildman–Crippen MR) is 112 cm³/mol. The van der Waals surface area contributed by atoms with Gasteiger partial charge in [-0.05, 0) is 43.3 Å². The summed E-state index contributed by atoms with van der Waals surface area (Å²) in [5.41, 5.74) is 1.25. The molecular weight excluding hydrogens is 396 g/mol. The maximum absolute atomic E-state index is 12.1. The first-order valence-electron chi connectivity index (χ1n) is 8.55. The Morgan fingerprint density at radius 2 is 1.76 bits per heavy atom. The first kappa shape index (κ1) is 21.9. The van der Waals surface area contributed by atoms with Gasteiger partial charge in [0, 0.05) is 24.8 Å². The van der Waals surface area contributed by atoms with Gasteiger partial charge in [-0.2, -0.15) is 0 Å². The maximum Gasteiger partial charge on any atom is 0.335 e. The monoisotopic (exact) mass is 418 g/mol. The van der Waals surface area contributed by atoms with Crippen molar-refractivity contribution in [3.8, 4) is 0 Å². The number of sulfonamides is 1. The van der Waals surface area contributed by atoms with Crippen LogP contribution in [0.25, 0.3) is 0 Å². The van der Waals surface area contributed by atoms with E-state index in [1.165, 1.54) is 13.0 Å². The van der Waals surface area contributed by atoms with E-state index in [1.54, 1.807) is 36.4 Å². The molecular formula is C19H22N4O5S. The van der Waals surface area contributed by atoms with Gasteiger partial charge in [0.05, 0.1) is 16.9 Å². The molecule has 154 valence electrons. The van der Waals surface area contributed by atoms with Crippen LogP contribution in [0, 0.1) is 0 Å². The van der Waals surface area contributed by atoms with Crippen molar-refractivity contribution in [3.63, 3.8) is 0 Å². The number of carboxylic acid groups (broad SMARTS) is 1. The highest BCUT2D eigenvalue weighted by molar-refractivity contribution is 7.89. The Morgan fingerprint density at radius 3 is 2.28 bits per heavy atom. The second-order valence-electron chi connectivity index (χ2n) is 6.08. The van der Waals surface area contributed by atoms with Gasteiger partial charge in [-0.1, -0.05) is 12.2 Å². The molecule has 0 atom stereocenters. The molecule has 9 nitrogen and oxygen atoms in total. The number of allylic oxidation sites excluding steroid dienone is 1. The van der Waals surface area contributed by atoms with Crippen molar-refractivity contribution < 1.29 is 23.1 Å². The lowest BCUT2D eigenvalue weighted by Crippen LogP contribution is -2.17. The van der Waals surface area contributed by atoms with Gasteiger partial charge < -0.3 is 21.1 Å². The molecule has 0 spiro atoms. The summed E-state index contributed by atoms with van der Waals surface area (Å²) in [6.07, 6.45) is 3.58. The number of anilines is 4. The van der Waals surface area contributed by atoms with E-state index in [1.807, 2.05) is 6.92 Å². The van der Waals surface area contributed by atoms with E-state index in [2.05, 4.69) is 16.0 Å². The maximum atomic E-state index is 12.1. The zero-order valence-corrected chi connectivity index (χ0v) is 16.7. The van der Waals surface area contributed by atoms with Crippen molar-refractivity contribution in [3.05, 3.63) is 54.1 Å². The Kier molecular flexibility index (Phi) is 6.97. The van der Waals surface area contributed by atoms with Crippen LogP contribution in [-0.4, -0.2) is 31.9 Å². The van der Waals surface area contributed by atoms with E-state index in [4.69, 9.17) is 5.14 Å². The molecule has 0 saturated heterocycles. The minimum absolute atomic E-state index is 0.120. The van der Waals surface area contributed by atoms with Gasteiger partial charge in [0.25, 0.3) is 0 Å². The van der Waals surface area contributed by atoms with Crippen molar-refractivity contribution in [2.75, 3.05) is 22.5 Å². The highest BCUT2D eigenvalue weighted by Gasteiger charge is 2.21. The molecule has 0 aromatic heterocycles. The highest BCUT2D eigenvalue weighted by Crippen LogP contribution is 2.34. The number of amides is 1. The van der Waals surface area contributed by atoms with Gasteiger partial charge in [0.15, 0.2) is 0 Å². The minimum Gasteiger partial charge on any atom is -0.478 e. The van der Waals surface area contributed by atoms with Gasteiger partial charge in [-0.3, -0.25) is 4.79 Å². The largest absolute Gasteiger partial charge is 0.478 e. The summed E-state index contributed by atoms with van der Waals surface area (Å²) in [5, 5.41) is 23.2. The number of nitrogens with two attached hydrogens (primary N) is 1. The fraction of sp³-hybridized carbons (Fsp3) is 0.158. The van der Waals surface area contributed by atoms with Gasteiger partial charge >= 0.3 is 5.97 Å². The minimum atomic E-state index is -4.23. The SMILES string of the molecule is CC=CCNc1cc(C(=O)O)cc(S(N)(=O)=O)c1Nc1ccc(NC(C)=O)cc1. The Bertz CT molecular complexity index is 1050. The average molecular weight is 418 g/mol. The molecule has 0 bridgehead atoms. The molecule has 29 heavy (non-hydrogen) atoms. The van der Waals surface area contributed by atoms with Crippen molar-refractivity contribution in [2.45, 2.75) is 18.7 Å². The van der Waals surface area contributed by atoms with Gasteiger partial charge in [-0.25, -0.2) is 18.4 Å². The average Bonchev–Trinajstić information content (AvgIpc) is 2.63. The van der Waals surface area contributed by atoms with Crippen molar-refractivity contribution >= 4 is 44.6 Å². The standard InChI is InChI=1S/C19H22N4O5S/c1-3-4-9-21-16-10-13(19(25)26)11-17(29(20,27)28)18(16)23-15-7-5-14(6-8-15)22-12(2)24/h3-8,10-11,21,23H,9H2,1-2H3,(H,22,24)(H,25,26)(H2,20,27,28). The van der Waals surface area contributed by atoms with E-state index in [9.17, 15) is 23.1 Å². The Morgan fingerprint density at radius 1 is 1.14 bits per heavy atom. The van der Waals surface area contributed by atoms with Crippen LogP contribution in [0.4, 0.5) is 22.7 Å². The van der Waals surface area contributed by atoms with E-state index >= 15 is 0 Å². The third-order valence-electron chi connectivity index (χ3n) is 3.78.